The van der Waals surface area contributed by atoms with E-state index in [0.29, 0.717) is 11.1 Å². The number of methoxy groups -OCH3 is 3. The van der Waals surface area contributed by atoms with Crippen LogP contribution in [0.15, 0.2) is 64.3 Å². The summed E-state index contributed by atoms with van der Waals surface area (Å²) in [6.45, 7) is 0. The van der Waals surface area contributed by atoms with Crippen molar-refractivity contribution in [2.75, 3.05) is 21.3 Å². The van der Waals surface area contributed by atoms with Gasteiger partial charge in [-0.3, -0.25) is 0 Å². The number of carbonyl (C=O) groups excluding carboxylic acids is 1. The zero-order valence-corrected chi connectivity index (χ0v) is 17.0. The lowest BCUT2D eigenvalue weighted by Crippen LogP contribution is -2.13. The Hall–Kier alpha value is -3.26. The molecule has 1 heterocycles. The first-order valence-corrected chi connectivity index (χ1v) is 10.2. The van der Waals surface area contributed by atoms with Crippen molar-refractivity contribution in [1.82, 2.24) is 0 Å². The van der Waals surface area contributed by atoms with Crippen LogP contribution in [0.3, 0.4) is 0 Å². The molecule has 0 saturated carbocycles. The number of furan rings is 1. The third-order valence-corrected chi connectivity index (χ3v) is 6.12. The predicted molar refractivity (Wildman–Crippen MR) is 106 cm³/mol. The van der Waals surface area contributed by atoms with Crippen molar-refractivity contribution in [3.05, 3.63) is 66.1 Å². The summed E-state index contributed by atoms with van der Waals surface area (Å²) in [4.78, 5) is 12.6. The lowest BCUT2D eigenvalue weighted by molar-refractivity contribution is 0.0596. The molecule has 0 saturated heterocycles. The van der Waals surface area contributed by atoms with Crippen molar-refractivity contribution >= 4 is 15.8 Å². The molecule has 29 heavy (non-hydrogen) atoms. The number of ether oxygens (including phenoxy) is 3. The highest BCUT2D eigenvalue weighted by atomic mass is 32.2. The summed E-state index contributed by atoms with van der Waals surface area (Å²) in [5.41, 5.74) is 1.57. The second-order valence-corrected chi connectivity index (χ2v) is 8.05. The molecule has 152 valence electrons. The molecule has 2 aromatic carbocycles. The number of hydrogen-bond acceptors (Lipinski definition) is 7. The zero-order valence-electron chi connectivity index (χ0n) is 16.2. The van der Waals surface area contributed by atoms with Gasteiger partial charge in [-0.15, -0.1) is 0 Å². The molecule has 0 aliphatic heterocycles. The summed E-state index contributed by atoms with van der Waals surface area (Å²) >= 11 is 0. The maximum Gasteiger partial charge on any atom is 0.341 e. The van der Waals surface area contributed by atoms with Crippen LogP contribution in [0.5, 0.6) is 11.5 Å². The fourth-order valence-corrected chi connectivity index (χ4v) is 4.63. The molecule has 0 bridgehead atoms. The Bertz CT molecular complexity index is 1120. The van der Waals surface area contributed by atoms with Crippen LogP contribution in [0.1, 0.15) is 15.9 Å². The van der Waals surface area contributed by atoms with Crippen LogP contribution >= 0.6 is 0 Å². The van der Waals surface area contributed by atoms with Gasteiger partial charge in [-0.1, -0.05) is 24.3 Å². The van der Waals surface area contributed by atoms with Crippen LogP contribution < -0.4 is 9.47 Å². The predicted octanol–water partition coefficient (Wildman–Crippen LogP) is 3.72. The van der Waals surface area contributed by atoms with Crippen LogP contribution in [0.4, 0.5) is 0 Å². The summed E-state index contributed by atoms with van der Waals surface area (Å²) in [6.07, 6.45) is 3.00. The molecule has 0 atom stereocenters. The monoisotopic (exact) mass is 416 g/mol. The van der Waals surface area contributed by atoms with Gasteiger partial charge in [-0.2, -0.15) is 0 Å². The van der Waals surface area contributed by atoms with Gasteiger partial charge >= 0.3 is 5.97 Å². The Kier molecular flexibility index (Phi) is 5.93. The van der Waals surface area contributed by atoms with Gasteiger partial charge in [0, 0.05) is 11.1 Å². The third kappa shape index (κ3) is 3.97. The van der Waals surface area contributed by atoms with Crippen LogP contribution in [-0.4, -0.2) is 35.7 Å². The lowest BCUT2D eigenvalue weighted by atomic mass is 9.99. The number of rotatable bonds is 7. The molecule has 0 spiro atoms. The fourth-order valence-electron chi connectivity index (χ4n) is 3.08. The average Bonchev–Trinajstić information content (AvgIpc) is 3.27. The summed E-state index contributed by atoms with van der Waals surface area (Å²) in [5, 5.41) is 0. The van der Waals surface area contributed by atoms with Gasteiger partial charge in [0.25, 0.3) is 0 Å². The minimum absolute atomic E-state index is 0.0381. The molecule has 3 rings (SSSR count). The number of esters is 1. The van der Waals surface area contributed by atoms with E-state index in [1.807, 2.05) is 0 Å². The van der Waals surface area contributed by atoms with Gasteiger partial charge in [0.2, 0.25) is 0 Å². The quantitative estimate of drug-likeness (QED) is 0.542. The molecule has 0 aliphatic rings. The molecular weight excluding hydrogens is 396 g/mol. The smallest absolute Gasteiger partial charge is 0.341 e. The highest BCUT2D eigenvalue weighted by Crippen LogP contribution is 2.37. The molecule has 0 amide bonds. The maximum absolute atomic E-state index is 13.1. The minimum atomic E-state index is -3.82. The first-order chi connectivity index (χ1) is 13.9. The Morgan fingerprint density at radius 2 is 1.76 bits per heavy atom. The lowest BCUT2D eigenvalue weighted by Gasteiger charge is -2.16. The number of sulfone groups is 1. The molecule has 0 unspecified atom stereocenters. The maximum atomic E-state index is 13.1. The van der Waals surface area contributed by atoms with Gasteiger partial charge in [0.05, 0.1) is 39.6 Å². The zero-order chi connectivity index (χ0) is 21.0. The number of para-hydroxylation sites is 1. The second kappa shape index (κ2) is 8.40. The van der Waals surface area contributed by atoms with E-state index in [4.69, 9.17) is 18.6 Å². The van der Waals surface area contributed by atoms with Gasteiger partial charge in [0.15, 0.2) is 9.84 Å². The van der Waals surface area contributed by atoms with Crippen LogP contribution in [0.25, 0.3) is 11.1 Å². The van der Waals surface area contributed by atoms with Crippen LogP contribution in [0.2, 0.25) is 0 Å². The first-order valence-electron chi connectivity index (χ1n) is 8.59. The topological polar surface area (TPSA) is 92.0 Å². The van der Waals surface area contributed by atoms with Crippen LogP contribution in [-0.2, 0) is 20.3 Å². The van der Waals surface area contributed by atoms with Crippen molar-refractivity contribution in [1.29, 1.82) is 0 Å². The van der Waals surface area contributed by atoms with Crippen molar-refractivity contribution in [3.8, 4) is 22.6 Å². The largest absolute Gasteiger partial charge is 0.495 e. The van der Waals surface area contributed by atoms with Gasteiger partial charge in [-0.05, 0) is 23.8 Å². The van der Waals surface area contributed by atoms with Gasteiger partial charge < -0.3 is 18.6 Å². The summed E-state index contributed by atoms with van der Waals surface area (Å²) < 4.78 is 46.8. The summed E-state index contributed by atoms with van der Waals surface area (Å²) in [5.74, 6) is -0.683. The molecule has 0 radical (unpaired) electrons. The average molecular weight is 416 g/mol. The SMILES string of the molecule is COC(=O)c1c(CS(=O)(=O)c2ccccc2OC)ccc(-c2ccoc2)c1OC. The Morgan fingerprint density at radius 3 is 2.38 bits per heavy atom. The third-order valence-electron chi connectivity index (χ3n) is 4.42. The van der Waals surface area contributed by atoms with Gasteiger partial charge in [-0.25, -0.2) is 13.2 Å². The Balaban J connectivity index is 2.15. The molecule has 8 heteroatoms. The van der Waals surface area contributed by atoms with E-state index >= 15 is 0 Å². The summed E-state index contributed by atoms with van der Waals surface area (Å²) in [6, 6.07) is 11.3. The number of hydrogen-bond donors (Lipinski definition) is 0. The van der Waals surface area contributed by atoms with E-state index < -0.39 is 21.6 Å². The van der Waals surface area contributed by atoms with Crippen molar-refractivity contribution in [2.24, 2.45) is 0 Å². The molecular formula is C21H20O7S. The van der Waals surface area contributed by atoms with E-state index in [0.717, 1.165) is 0 Å². The van der Waals surface area contributed by atoms with E-state index in [2.05, 4.69) is 0 Å². The van der Waals surface area contributed by atoms with Crippen molar-refractivity contribution in [2.45, 2.75) is 10.6 Å². The molecule has 3 aromatic rings. The fraction of sp³-hybridized carbons (Fsp3) is 0.190. The number of carbonyl (C=O) groups is 1. The molecule has 0 N–H and O–H groups in total. The van der Waals surface area contributed by atoms with E-state index in [1.165, 1.54) is 39.9 Å². The van der Waals surface area contributed by atoms with Crippen molar-refractivity contribution < 1.29 is 31.8 Å². The highest BCUT2D eigenvalue weighted by molar-refractivity contribution is 7.90. The Labute approximate surface area is 168 Å². The first kappa shape index (κ1) is 20.5. The van der Waals surface area contributed by atoms with Crippen LogP contribution in [0, 0.1) is 0 Å². The highest BCUT2D eigenvalue weighted by Gasteiger charge is 2.27. The second-order valence-electron chi connectivity index (χ2n) is 6.09. The van der Waals surface area contributed by atoms with E-state index in [9.17, 15) is 13.2 Å². The standard InChI is InChI=1S/C21H20O7S/c1-25-17-6-4-5-7-18(17)29(23,24)13-15-8-9-16(14-10-11-28-12-14)20(26-2)19(15)21(22)27-3/h4-12H,13H2,1-3H3. The minimum Gasteiger partial charge on any atom is -0.495 e. The van der Waals surface area contributed by atoms with E-state index in [1.54, 1.807) is 36.4 Å². The Morgan fingerprint density at radius 1 is 1.00 bits per heavy atom. The molecule has 0 fully saturated rings. The van der Waals surface area contributed by atoms with Gasteiger partial charge in [0.1, 0.15) is 22.0 Å². The molecule has 1 aromatic heterocycles. The molecule has 0 aliphatic carbocycles. The van der Waals surface area contributed by atoms with Crippen molar-refractivity contribution in [3.63, 3.8) is 0 Å². The summed E-state index contributed by atoms with van der Waals surface area (Å²) in [7, 11) is 0.215. The number of benzene rings is 2. The van der Waals surface area contributed by atoms with E-state index in [-0.39, 0.29) is 27.5 Å². The molecule has 7 nitrogen and oxygen atoms in total. The normalized spacial score (nSPS) is 11.1.